The SMILES string of the molecule is CC(C)CC(=O)N1CCC[C@H]1c1ncc(-c2ccc(-c3ccc(C#Cc4cnc([C@@H]5CCCN5C(=O)[C@@H](NC(=O)Oc5ccccc5)C(C)C)[nH]4)c4c3CC3(CCCC3)C4)c3c2CC2(CCCCC2)C3)[nH]1. The van der Waals surface area contributed by atoms with Crippen LogP contribution in [-0.4, -0.2) is 66.8 Å². The van der Waals surface area contributed by atoms with Crippen LogP contribution in [0.1, 0.15) is 175 Å². The predicted molar refractivity (Wildman–Crippen MR) is 276 cm³/mol. The largest absolute Gasteiger partial charge is 0.413 e. The van der Waals surface area contributed by atoms with Gasteiger partial charge >= 0.3 is 6.09 Å². The third-order valence-electron chi connectivity index (χ3n) is 17.2. The van der Waals surface area contributed by atoms with Crippen LogP contribution < -0.4 is 10.1 Å². The molecule has 4 fully saturated rings. The van der Waals surface area contributed by atoms with E-state index in [4.69, 9.17) is 14.7 Å². The first-order valence-electron chi connectivity index (χ1n) is 27.0. The molecule has 4 heterocycles. The molecule has 11 nitrogen and oxygen atoms in total. The number of carbonyl (C=O) groups is 3. The Morgan fingerprint density at radius 1 is 0.676 bits per heavy atom. The Morgan fingerprint density at radius 2 is 1.25 bits per heavy atom. The maximum atomic E-state index is 14.1. The molecule has 2 saturated carbocycles. The van der Waals surface area contributed by atoms with Crippen LogP contribution in [0, 0.1) is 34.5 Å². The number of likely N-dealkylation sites (tertiary alicyclic amines) is 2. The third kappa shape index (κ3) is 9.32. The second-order valence-corrected chi connectivity index (χ2v) is 22.9. The summed E-state index contributed by atoms with van der Waals surface area (Å²) in [5.41, 5.74) is 13.5. The van der Waals surface area contributed by atoms with E-state index in [1.807, 2.05) is 31.0 Å². The summed E-state index contributed by atoms with van der Waals surface area (Å²) in [6, 6.07) is 17.4. The molecule has 0 radical (unpaired) electrons. The van der Waals surface area contributed by atoms with Gasteiger partial charge in [-0.2, -0.15) is 0 Å². The molecule has 11 heteroatoms. The van der Waals surface area contributed by atoms with Crippen molar-refractivity contribution < 1.29 is 19.1 Å². The number of aromatic amines is 2. The molecule has 2 spiro atoms. The number of hydrogen-bond acceptors (Lipinski definition) is 6. The molecule has 2 aliphatic heterocycles. The van der Waals surface area contributed by atoms with Crippen molar-refractivity contribution in [3.05, 3.63) is 112 Å². The minimum atomic E-state index is -0.743. The molecule has 2 aromatic heterocycles. The van der Waals surface area contributed by atoms with Crippen LogP contribution in [0.15, 0.2) is 67.0 Å². The van der Waals surface area contributed by atoms with Gasteiger partial charge in [-0.15, -0.1) is 0 Å². The number of para-hydroxylation sites is 1. The van der Waals surface area contributed by atoms with Gasteiger partial charge < -0.3 is 29.8 Å². The van der Waals surface area contributed by atoms with Crippen molar-refractivity contribution in [1.82, 2.24) is 35.1 Å². The Hall–Kier alpha value is -6.15. The van der Waals surface area contributed by atoms with Gasteiger partial charge in [0.25, 0.3) is 0 Å². The quantitative estimate of drug-likeness (QED) is 0.119. The topological polar surface area (TPSA) is 136 Å². The summed E-state index contributed by atoms with van der Waals surface area (Å²) in [4.78, 5) is 61.3. The lowest BCUT2D eigenvalue weighted by atomic mass is 9.72. The summed E-state index contributed by atoms with van der Waals surface area (Å²) in [5, 5.41) is 2.84. The molecule has 370 valence electrons. The smallest absolute Gasteiger partial charge is 0.410 e. The number of fused-ring (bicyclic) bond motifs is 2. The van der Waals surface area contributed by atoms with E-state index in [1.54, 1.807) is 30.5 Å². The minimum absolute atomic E-state index is 0.00849. The van der Waals surface area contributed by atoms with Crippen molar-refractivity contribution in [3.8, 4) is 40.0 Å². The zero-order valence-corrected chi connectivity index (χ0v) is 42.3. The summed E-state index contributed by atoms with van der Waals surface area (Å²) in [7, 11) is 0. The number of hydrogen-bond donors (Lipinski definition) is 3. The third-order valence-corrected chi connectivity index (χ3v) is 17.2. The minimum Gasteiger partial charge on any atom is -0.410 e. The molecule has 6 aliphatic rings. The number of imidazole rings is 2. The monoisotopic (exact) mass is 954 g/mol. The summed E-state index contributed by atoms with van der Waals surface area (Å²) in [6.07, 6.45) is 23.3. The average molecular weight is 954 g/mol. The molecule has 0 unspecified atom stereocenters. The average Bonchev–Trinajstić information content (AvgIpc) is 4.23. The molecule has 0 bridgehead atoms. The Kier molecular flexibility index (Phi) is 12.9. The standard InChI is InChI=1S/C60H71N7O4/c1-38(2)31-53(68)66-29-13-17-51(66)56-62-37-50(64-56)45-24-23-44(48-34-60(35-49(45)48)25-9-6-10-26-60)43-22-20-40(46-32-59(33-47(43)46)27-11-12-28-59)19-21-41-36-61-55(63-41)52-18-14-30-67(52)57(69)54(39(3)4)65-58(70)71-42-15-7-5-8-16-42/h5,7-8,15-16,20,22-24,36-39,51-52,54H,6,9-14,17-18,25-35H2,1-4H3,(H,61,63)(H,62,64)(H,65,70)/t51-,52-,54-/m0/s1. The van der Waals surface area contributed by atoms with E-state index in [-0.39, 0.29) is 29.8 Å². The van der Waals surface area contributed by atoms with Gasteiger partial charge in [0.1, 0.15) is 29.1 Å². The molecular formula is C60H71N7O4. The second-order valence-electron chi connectivity index (χ2n) is 22.9. The highest BCUT2D eigenvalue weighted by Crippen LogP contribution is 2.55. The summed E-state index contributed by atoms with van der Waals surface area (Å²) >= 11 is 0. The van der Waals surface area contributed by atoms with Gasteiger partial charge in [0, 0.05) is 30.6 Å². The number of aromatic nitrogens is 4. The fourth-order valence-corrected chi connectivity index (χ4v) is 13.7. The van der Waals surface area contributed by atoms with E-state index < -0.39 is 12.1 Å². The van der Waals surface area contributed by atoms with Crippen LogP contribution in [0.25, 0.3) is 22.4 Å². The van der Waals surface area contributed by atoms with E-state index in [0.717, 1.165) is 86.5 Å². The van der Waals surface area contributed by atoms with Crippen molar-refractivity contribution in [3.63, 3.8) is 0 Å². The molecule has 71 heavy (non-hydrogen) atoms. The molecule has 3 atom stereocenters. The molecule has 3 aromatic carbocycles. The van der Waals surface area contributed by atoms with Crippen molar-refractivity contribution in [2.45, 2.75) is 161 Å². The first kappa shape index (κ1) is 47.2. The van der Waals surface area contributed by atoms with Gasteiger partial charge in [0.2, 0.25) is 11.8 Å². The van der Waals surface area contributed by atoms with Crippen LogP contribution in [0.3, 0.4) is 0 Å². The summed E-state index contributed by atoms with van der Waals surface area (Å²) in [5.74, 6) is 9.46. The van der Waals surface area contributed by atoms with Gasteiger partial charge in [-0.1, -0.05) is 102 Å². The molecule has 5 aromatic rings. The number of nitrogens with zero attached hydrogens (tertiary/aromatic N) is 4. The number of benzene rings is 3. The number of amides is 3. The fourth-order valence-electron chi connectivity index (χ4n) is 13.7. The Morgan fingerprint density at radius 3 is 1.94 bits per heavy atom. The Balaban J connectivity index is 0.878. The lowest BCUT2D eigenvalue weighted by molar-refractivity contribution is -0.135. The zero-order chi connectivity index (χ0) is 48.9. The van der Waals surface area contributed by atoms with Gasteiger partial charge in [0.05, 0.1) is 30.2 Å². The fraction of sp³-hybridized carbons (Fsp3) is 0.517. The van der Waals surface area contributed by atoms with Crippen LogP contribution >= 0.6 is 0 Å². The van der Waals surface area contributed by atoms with Crippen LogP contribution in [0.5, 0.6) is 5.75 Å². The number of rotatable bonds is 10. The highest BCUT2D eigenvalue weighted by Gasteiger charge is 2.45. The first-order chi connectivity index (χ1) is 34.5. The molecule has 3 N–H and O–H groups in total. The number of nitrogens with one attached hydrogen (secondary N) is 3. The van der Waals surface area contributed by atoms with Gasteiger partial charge in [-0.05, 0) is 157 Å². The maximum Gasteiger partial charge on any atom is 0.413 e. The highest BCUT2D eigenvalue weighted by molar-refractivity contribution is 5.87. The van der Waals surface area contributed by atoms with E-state index in [9.17, 15) is 14.4 Å². The van der Waals surface area contributed by atoms with Crippen molar-refractivity contribution in [1.29, 1.82) is 0 Å². The van der Waals surface area contributed by atoms with Gasteiger partial charge in [-0.25, -0.2) is 14.8 Å². The summed E-state index contributed by atoms with van der Waals surface area (Å²) < 4.78 is 5.49. The molecule has 11 rings (SSSR count). The van der Waals surface area contributed by atoms with Crippen molar-refractivity contribution in [2.24, 2.45) is 22.7 Å². The van der Waals surface area contributed by atoms with Gasteiger partial charge in [-0.3, -0.25) is 9.59 Å². The van der Waals surface area contributed by atoms with Crippen molar-refractivity contribution in [2.75, 3.05) is 13.1 Å². The number of H-pyrrole nitrogens is 2. The van der Waals surface area contributed by atoms with Crippen LogP contribution in [0.2, 0.25) is 0 Å². The van der Waals surface area contributed by atoms with Gasteiger partial charge in [0.15, 0.2) is 0 Å². The number of carbonyl (C=O) groups excluding carboxylic acids is 3. The van der Waals surface area contributed by atoms with E-state index in [1.165, 1.54) is 96.7 Å². The van der Waals surface area contributed by atoms with E-state index >= 15 is 0 Å². The Bertz CT molecular complexity index is 2870. The Labute approximate surface area is 419 Å². The molecule has 3 amide bonds. The summed E-state index contributed by atoms with van der Waals surface area (Å²) in [6.45, 7) is 9.50. The lowest BCUT2D eigenvalue weighted by Gasteiger charge is -2.33. The molecule has 4 aliphatic carbocycles. The number of ether oxygens (including phenoxy) is 1. The predicted octanol–water partition coefficient (Wildman–Crippen LogP) is 11.8. The van der Waals surface area contributed by atoms with Crippen LogP contribution in [-0.2, 0) is 35.3 Å². The zero-order valence-electron chi connectivity index (χ0n) is 42.3. The van der Waals surface area contributed by atoms with Crippen molar-refractivity contribution >= 4 is 17.9 Å². The highest BCUT2D eigenvalue weighted by atomic mass is 16.6. The van der Waals surface area contributed by atoms with Crippen LogP contribution in [0.4, 0.5) is 4.79 Å². The lowest BCUT2D eigenvalue weighted by Crippen LogP contribution is -2.51. The first-order valence-corrected chi connectivity index (χ1v) is 27.0. The molecule has 2 saturated heterocycles. The molecular weight excluding hydrogens is 883 g/mol. The van der Waals surface area contributed by atoms with E-state index in [0.29, 0.717) is 35.5 Å². The van der Waals surface area contributed by atoms with E-state index in [2.05, 4.69) is 70.1 Å². The normalized spacial score (nSPS) is 21.2. The maximum absolute atomic E-state index is 14.1. The second kappa shape index (κ2) is 19.5.